The standard InChI is InChI=1S/C47H81N2Si/c1-16-17-18-19-20-21-22-23-24-25-26-47(10)39-31-36-35(29-34(2)43(36)50(14,15)48(44(3,4)5)49(11,12)13)30-37(39)38-32-41-42(33-40(38)47)46(8,9)28-27-45(41,6)7/h30-36,43H,16-29H2,1-15H3/q+1. The van der Waals surface area contributed by atoms with E-state index in [1.807, 2.05) is 0 Å². The second-order valence-corrected chi connectivity index (χ2v) is 26.1. The van der Waals surface area contributed by atoms with Crippen molar-refractivity contribution in [2.75, 3.05) is 21.1 Å². The second-order valence-electron chi connectivity index (χ2n) is 21.7. The lowest BCUT2D eigenvalue weighted by molar-refractivity contribution is -0.978. The number of benzene rings is 1. The van der Waals surface area contributed by atoms with Crippen molar-refractivity contribution in [1.29, 1.82) is 0 Å². The molecule has 50 heavy (non-hydrogen) atoms. The van der Waals surface area contributed by atoms with Gasteiger partial charge in [0.2, 0.25) is 0 Å². The van der Waals surface area contributed by atoms with Crippen molar-refractivity contribution >= 4 is 13.8 Å². The van der Waals surface area contributed by atoms with Crippen LogP contribution in [0.15, 0.2) is 29.9 Å². The summed E-state index contributed by atoms with van der Waals surface area (Å²) in [5.74, 6) is 2.04. The zero-order valence-electron chi connectivity index (χ0n) is 35.9. The molecule has 5 rings (SSSR count). The molecule has 1 fully saturated rings. The molecular weight excluding hydrogens is 621 g/mol. The quantitative estimate of drug-likeness (QED) is 0.0808. The van der Waals surface area contributed by atoms with Crippen molar-refractivity contribution in [3.8, 4) is 0 Å². The minimum atomic E-state index is -1.89. The molecule has 2 nitrogen and oxygen atoms in total. The van der Waals surface area contributed by atoms with Gasteiger partial charge in [-0.3, -0.25) is 4.59 Å². The number of nitrogens with zero attached hydrogens (tertiary/aromatic N) is 2. The predicted octanol–water partition coefficient (Wildman–Crippen LogP) is 13.5. The number of hydrogen-bond acceptors (Lipinski definition) is 1. The van der Waals surface area contributed by atoms with E-state index in [2.05, 4.69) is 132 Å². The minimum absolute atomic E-state index is 0.102. The van der Waals surface area contributed by atoms with Gasteiger partial charge in [-0.1, -0.05) is 150 Å². The highest BCUT2D eigenvalue weighted by Gasteiger charge is 2.59. The molecule has 0 amide bonds. The van der Waals surface area contributed by atoms with E-state index in [1.54, 1.807) is 33.4 Å². The van der Waals surface area contributed by atoms with E-state index in [4.69, 9.17) is 0 Å². The van der Waals surface area contributed by atoms with Crippen LogP contribution in [0.3, 0.4) is 0 Å². The van der Waals surface area contributed by atoms with E-state index >= 15 is 0 Å². The Kier molecular flexibility index (Phi) is 11.4. The summed E-state index contributed by atoms with van der Waals surface area (Å²) in [5.41, 5.74) is 11.3. The number of fused-ring (bicyclic) bond motifs is 5. The average Bonchev–Trinajstić information content (AvgIpc) is 3.43. The van der Waals surface area contributed by atoms with E-state index < -0.39 is 8.24 Å². The largest absolute Gasteiger partial charge is 0.257 e. The Hall–Kier alpha value is -1.16. The highest BCUT2D eigenvalue weighted by atomic mass is 28.3. The molecule has 1 saturated carbocycles. The molecule has 0 aliphatic heterocycles. The van der Waals surface area contributed by atoms with Crippen molar-refractivity contribution in [2.45, 2.75) is 200 Å². The van der Waals surface area contributed by atoms with E-state index in [-0.39, 0.29) is 21.8 Å². The summed E-state index contributed by atoms with van der Waals surface area (Å²) in [5, 5.41) is 0. The Balaban J connectivity index is 1.52. The van der Waals surface area contributed by atoms with Crippen LogP contribution in [0.1, 0.15) is 181 Å². The van der Waals surface area contributed by atoms with Crippen LogP contribution in [0.4, 0.5) is 0 Å². The number of rotatable bonds is 14. The van der Waals surface area contributed by atoms with E-state index in [0.29, 0.717) is 11.8 Å². The molecule has 5 atom stereocenters. The van der Waals surface area contributed by atoms with Gasteiger partial charge >= 0.3 is 0 Å². The van der Waals surface area contributed by atoms with Gasteiger partial charge in [0.15, 0.2) is 8.24 Å². The van der Waals surface area contributed by atoms with E-state index in [1.165, 1.54) is 89.9 Å². The maximum absolute atomic E-state index is 2.95. The van der Waals surface area contributed by atoms with Gasteiger partial charge in [-0.15, -0.1) is 0 Å². The van der Waals surface area contributed by atoms with Crippen LogP contribution in [0.5, 0.6) is 0 Å². The number of quaternary nitrogens is 1. The van der Waals surface area contributed by atoms with Crippen LogP contribution in [0.2, 0.25) is 18.6 Å². The van der Waals surface area contributed by atoms with Crippen LogP contribution in [-0.2, 0) is 16.2 Å². The van der Waals surface area contributed by atoms with Gasteiger partial charge in [-0.2, -0.15) is 4.67 Å². The molecule has 3 heteroatoms. The third-order valence-electron chi connectivity index (χ3n) is 14.3. The molecule has 0 radical (unpaired) electrons. The Morgan fingerprint density at radius 2 is 1.28 bits per heavy atom. The molecule has 4 aliphatic rings. The van der Waals surface area contributed by atoms with Crippen molar-refractivity contribution in [3.63, 3.8) is 0 Å². The Labute approximate surface area is 312 Å². The first-order valence-electron chi connectivity index (χ1n) is 21.3. The first-order chi connectivity index (χ1) is 23.1. The summed E-state index contributed by atoms with van der Waals surface area (Å²) in [6.45, 7) is 30.5. The maximum atomic E-state index is 2.95. The first-order valence-corrected chi connectivity index (χ1v) is 24.4. The highest BCUT2D eigenvalue weighted by Crippen LogP contribution is 2.63. The Bertz CT molecular complexity index is 1410. The molecule has 5 unspecified atom stereocenters. The zero-order chi connectivity index (χ0) is 37.1. The molecule has 0 N–H and O–H groups in total. The summed E-state index contributed by atoms with van der Waals surface area (Å²) in [6, 6.07) is 5.48. The van der Waals surface area contributed by atoms with Crippen molar-refractivity contribution in [3.05, 3.63) is 52.1 Å². The van der Waals surface area contributed by atoms with Gasteiger partial charge in [0.1, 0.15) is 0 Å². The number of hydrogen-bond donors (Lipinski definition) is 0. The van der Waals surface area contributed by atoms with Crippen molar-refractivity contribution < 1.29 is 4.59 Å². The average molecular weight is 702 g/mol. The van der Waals surface area contributed by atoms with Gasteiger partial charge < -0.3 is 0 Å². The molecule has 0 aromatic heterocycles. The molecule has 0 bridgehead atoms. The number of allylic oxidation sites excluding steroid dienone is 4. The fraction of sp³-hybridized carbons (Fsp3) is 0.787. The van der Waals surface area contributed by atoms with Crippen molar-refractivity contribution in [1.82, 2.24) is 4.67 Å². The van der Waals surface area contributed by atoms with Gasteiger partial charge in [0, 0.05) is 5.41 Å². The summed E-state index contributed by atoms with van der Waals surface area (Å²) in [7, 11) is 5.34. The lowest BCUT2D eigenvalue weighted by Gasteiger charge is -2.55. The zero-order valence-corrected chi connectivity index (χ0v) is 36.9. The maximum Gasteiger partial charge on any atom is 0.191 e. The van der Waals surface area contributed by atoms with Crippen LogP contribution in [-0.4, -0.2) is 44.2 Å². The first kappa shape index (κ1) is 40.0. The van der Waals surface area contributed by atoms with Gasteiger partial charge in [-0.25, -0.2) is 0 Å². The molecule has 1 aromatic carbocycles. The topological polar surface area (TPSA) is 3.24 Å². The summed E-state index contributed by atoms with van der Waals surface area (Å²) < 4.78 is 3.87. The van der Waals surface area contributed by atoms with E-state index in [0.717, 1.165) is 16.1 Å². The summed E-state index contributed by atoms with van der Waals surface area (Å²) in [4.78, 5) is 0. The second kappa shape index (κ2) is 14.2. The van der Waals surface area contributed by atoms with E-state index in [9.17, 15) is 0 Å². The monoisotopic (exact) mass is 702 g/mol. The molecule has 0 saturated heterocycles. The molecular formula is C47H81N2Si+. The third kappa shape index (κ3) is 7.46. The van der Waals surface area contributed by atoms with Gasteiger partial charge in [0.25, 0.3) is 0 Å². The fourth-order valence-electron chi connectivity index (χ4n) is 12.6. The van der Waals surface area contributed by atoms with Crippen LogP contribution < -0.4 is 0 Å². The van der Waals surface area contributed by atoms with Crippen LogP contribution in [0, 0.1) is 17.8 Å². The molecule has 0 spiro atoms. The smallest absolute Gasteiger partial charge is 0.191 e. The van der Waals surface area contributed by atoms with Crippen molar-refractivity contribution in [2.24, 2.45) is 17.8 Å². The molecule has 0 heterocycles. The predicted molar refractivity (Wildman–Crippen MR) is 223 cm³/mol. The Morgan fingerprint density at radius 3 is 1.80 bits per heavy atom. The normalized spacial score (nSPS) is 28.6. The fourth-order valence-corrected chi connectivity index (χ4v) is 19.0. The molecule has 1 aromatic rings. The Morgan fingerprint density at radius 1 is 0.760 bits per heavy atom. The summed E-state index contributed by atoms with van der Waals surface area (Å²) in [6.07, 6.45) is 25.0. The van der Waals surface area contributed by atoms with Crippen LogP contribution in [0.25, 0.3) is 5.57 Å². The highest BCUT2D eigenvalue weighted by molar-refractivity contribution is 6.76. The van der Waals surface area contributed by atoms with Gasteiger partial charge in [-0.05, 0) is 114 Å². The van der Waals surface area contributed by atoms with Gasteiger partial charge in [0.05, 0.1) is 26.7 Å². The lowest BCUT2D eigenvalue weighted by Crippen LogP contribution is -2.72. The minimum Gasteiger partial charge on any atom is -0.257 e. The SMILES string of the molecule is CCCCCCCCCCCCC1(C)C2=CC3C(C=C2c2cc4c(cc21)C(C)(C)CCC4(C)C)CC(C)C3[Si](C)(C)N(C(C)(C)C)[N+](C)(C)C. The lowest BCUT2D eigenvalue weighted by atomic mass is 9.62. The molecule has 4 aliphatic carbocycles. The third-order valence-corrected chi connectivity index (χ3v) is 19.2. The van der Waals surface area contributed by atoms with Crippen LogP contribution >= 0.6 is 0 Å². The molecule has 282 valence electrons. The number of unbranched alkanes of at least 4 members (excludes halogenated alkanes) is 9. The summed E-state index contributed by atoms with van der Waals surface area (Å²) >= 11 is 0.